The Labute approximate surface area is 208 Å². The van der Waals surface area contributed by atoms with Crippen molar-refractivity contribution in [3.63, 3.8) is 0 Å². The monoisotopic (exact) mass is 541 g/mol. The number of amides is 1. The van der Waals surface area contributed by atoms with E-state index in [1.54, 1.807) is 0 Å². The van der Waals surface area contributed by atoms with E-state index in [1.165, 1.54) is 49.6 Å². The lowest BCUT2D eigenvalue weighted by atomic mass is 10.1. The zero-order chi connectivity index (χ0) is 25.8. The van der Waals surface area contributed by atoms with Crippen LogP contribution in [0, 0.1) is 0 Å². The summed E-state index contributed by atoms with van der Waals surface area (Å²) in [6.45, 7) is -0.256. The maximum atomic E-state index is 12.0. The van der Waals surface area contributed by atoms with E-state index in [0.29, 0.717) is 10.8 Å². The molecule has 0 heterocycles. The fraction of sp³-hybridized carbons (Fsp3) is 0.238. The fourth-order valence-corrected chi connectivity index (χ4v) is 4.74. The minimum atomic E-state index is -4.70. The molecule has 2 aromatic rings. The summed E-state index contributed by atoms with van der Waals surface area (Å²) in [4.78, 5) is 10.7. The van der Waals surface area contributed by atoms with Crippen LogP contribution in [0.15, 0.2) is 46.2 Å². The minimum Gasteiger partial charge on any atom is -0.375 e. The first-order valence-corrected chi connectivity index (χ1v) is 13.4. The molecule has 1 aliphatic rings. The van der Waals surface area contributed by atoms with Gasteiger partial charge in [-0.25, -0.2) is 0 Å². The number of anilines is 2. The number of thiocarbonyl (C=S) groups is 1. The summed E-state index contributed by atoms with van der Waals surface area (Å²) < 4.78 is 71.8. The van der Waals surface area contributed by atoms with Gasteiger partial charge in [-0.2, -0.15) is 16.8 Å². The minimum absolute atomic E-state index is 0.00976. The Kier molecular flexibility index (Phi) is 8.25. The molecule has 1 fully saturated rings. The SMILES string of the molecule is COCC(=O)Nc1ccc(/C=C/c2ccc(NC(=S)NC3CC3)cc2S(=O)(=O)O)c(S(=O)(=O)O)c1. The Morgan fingerprint density at radius 1 is 0.971 bits per heavy atom. The number of ether oxygens (including phenoxy) is 1. The first kappa shape index (κ1) is 26.7. The molecule has 188 valence electrons. The number of nitrogens with one attached hydrogen (secondary N) is 3. The van der Waals surface area contributed by atoms with Gasteiger partial charge in [0.15, 0.2) is 5.11 Å². The van der Waals surface area contributed by atoms with Crippen molar-refractivity contribution < 1.29 is 35.5 Å². The van der Waals surface area contributed by atoms with Gasteiger partial charge >= 0.3 is 0 Å². The lowest BCUT2D eigenvalue weighted by molar-refractivity contribution is -0.119. The summed E-state index contributed by atoms with van der Waals surface area (Å²) >= 11 is 5.18. The van der Waals surface area contributed by atoms with Crippen LogP contribution in [0.2, 0.25) is 0 Å². The Balaban J connectivity index is 1.92. The van der Waals surface area contributed by atoms with E-state index in [0.717, 1.165) is 18.9 Å². The normalized spacial score (nSPS) is 14.0. The second-order valence-electron chi connectivity index (χ2n) is 7.64. The summed E-state index contributed by atoms with van der Waals surface area (Å²) in [6, 6.07) is 8.16. The van der Waals surface area contributed by atoms with Gasteiger partial charge in [0.25, 0.3) is 20.2 Å². The van der Waals surface area contributed by atoms with Crippen LogP contribution in [0.5, 0.6) is 0 Å². The van der Waals surface area contributed by atoms with Gasteiger partial charge in [0.1, 0.15) is 16.4 Å². The molecule has 0 atom stereocenters. The average molecular weight is 542 g/mol. The molecule has 0 radical (unpaired) electrons. The second kappa shape index (κ2) is 10.8. The molecule has 0 aromatic heterocycles. The van der Waals surface area contributed by atoms with E-state index in [9.17, 15) is 30.7 Å². The molecule has 11 nitrogen and oxygen atoms in total. The quantitative estimate of drug-likeness (QED) is 0.179. The van der Waals surface area contributed by atoms with E-state index < -0.39 is 35.9 Å². The van der Waals surface area contributed by atoms with Crippen molar-refractivity contribution in [2.24, 2.45) is 0 Å². The van der Waals surface area contributed by atoms with Gasteiger partial charge in [-0.15, -0.1) is 0 Å². The van der Waals surface area contributed by atoms with E-state index in [-0.39, 0.29) is 29.5 Å². The third-order valence-corrected chi connectivity index (χ3v) is 6.79. The Bertz CT molecular complexity index is 1380. The number of methoxy groups -OCH3 is 1. The van der Waals surface area contributed by atoms with Crippen LogP contribution in [0.4, 0.5) is 11.4 Å². The highest BCUT2D eigenvalue weighted by Crippen LogP contribution is 2.26. The van der Waals surface area contributed by atoms with Gasteiger partial charge in [0, 0.05) is 24.5 Å². The van der Waals surface area contributed by atoms with Crippen molar-refractivity contribution in [1.29, 1.82) is 0 Å². The lowest BCUT2D eigenvalue weighted by Crippen LogP contribution is -2.30. The van der Waals surface area contributed by atoms with Crippen LogP contribution in [-0.4, -0.2) is 56.7 Å². The number of hydrogen-bond donors (Lipinski definition) is 5. The van der Waals surface area contributed by atoms with Crippen LogP contribution >= 0.6 is 12.2 Å². The molecular formula is C21H23N3O8S3. The first-order chi connectivity index (χ1) is 16.4. The molecule has 1 aliphatic carbocycles. The molecule has 0 saturated heterocycles. The number of carbonyl (C=O) groups is 1. The number of hydrogen-bond acceptors (Lipinski definition) is 7. The number of rotatable bonds is 9. The van der Waals surface area contributed by atoms with Crippen molar-refractivity contribution in [2.75, 3.05) is 24.4 Å². The molecule has 0 spiro atoms. The van der Waals surface area contributed by atoms with Gasteiger partial charge in [-0.1, -0.05) is 24.3 Å². The van der Waals surface area contributed by atoms with E-state index in [1.807, 2.05) is 0 Å². The summed E-state index contributed by atoms with van der Waals surface area (Å²) in [6.07, 6.45) is 4.50. The van der Waals surface area contributed by atoms with Crippen molar-refractivity contribution in [3.05, 3.63) is 47.5 Å². The van der Waals surface area contributed by atoms with Gasteiger partial charge in [-0.3, -0.25) is 13.9 Å². The van der Waals surface area contributed by atoms with E-state index in [4.69, 9.17) is 17.0 Å². The molecule has 0 aliphatic heterocycles. The van der Waals surface area contributed by atoms with Gasteiger partial charge < -0.3 is 20.7 Å². The van der Waals surface area contributed by atoms with Crippen molar-refractivity contribution in [3.8, 4) is 0 Å². The Morgan fingerprint density at radius 2 is 1.46 bits per heavy atom. The maximum Gasteiger partial charge on any atom is 0.295 e. The van der Waals surface area contributed by atoms with Crippen LogP contribution < -0.4 is 16.0 Å². The predicted octanol–water partition coefficient (Wildman–Crippen LogP) is 2.38. The zero-order valence-corrected chi connectivity index (χ0v) is 20.8. The summed E-state index contributed by atoms with van der Waals surface area (Å²) in [5.74, 6) is -0.532. The molecule has 1 amide bonds. The highest BCUT2D eigenvalue weighted by molar-refractivity contribution is 7.86. The largest absolute Gasteiger partial charge is 0.375 e. The molecule has 3 rings (SSSR count). The molecule has 2 aromatic carbocycles. The van der Waals surface area contributed by atoms with E-state index >= 15 is 0 Å². The smallest absolute Gasteiger partial charge is 0.295 e. The van der Waals surface area contributed by atoms with E-state index in [2.05, 4.69) is 16.0 Å². The molecule has 35 heavy (non-hydrogen) atoms. The zero-order valence-electron chi connectivity index (χ0n) is 18.4. The highest BCUT2D eigenvalue weighted by atomic mass is 32.2. The number of benzene rings is 2. The van der Waals surface area contributed by atoms with Crippen LogP contribution in [-0.2, 0) is 29.8 Å². The fourth-order valence-electron chi connectivity index (χ4n) is 3.03. The first-order valence-electron chi connectivity index (χ1n) is 10.1. The lowest BCUT2D eigenvalue weighted by Gasteiger charge is -2.12. The highest BCUT2D eigenvalue weighted by Gasteiger charge is 2.22. The standard InChI is InChI=1S/C21H23N3O8S3/c1-32-12-20(25)22-16-6-4-13(18(10-16)34(26,27)28)2-3-14-5-7-17(11-19(14)35(29,30)31)24-21(33)23-15-8-9-15/h2-7,10-11,15H,8-9,12H2,1H3,(H,22,25)(H2,23,24,33)(H,26,27,28)(H,29,30,31)/b3-2+. The molecular weight excluding hydrogens is 518 g/mol. The van der Waals surface area contributed by atoms with Crippen LogP contribution in [0.3, 0.4) is 0 Å². The molecule has 1 saturated carbocycles. The summed E-state index contributed by atoms with van der Waals surface area (Å²) in [5.41, 5.74) is 0.484. The van der Waals surface area contributed by atoms with Crippen molar-refractivity contribution in [1.82, 2.24) is 5.32 Å². The number of carbonyl (C=O) groups excluding carboxylic acids is 1. The third kappa shape index (κ3) is 7.81. The van der Waals surface area contributed by atoms with Crippen LogP contribution in [0.1, 0.15) is 24.0 Å². The topological polar surface area (TPSA) is 171 Å². The Morgan fingerprint density at radius 3 is 1.89 bits per heavy atom. The molecule has 0 unspecified atom stereocenters. The van der Waals surface area contributed by atoms with Gasteiger partial charge in [0.05, 0.1) is 0 Å². The predicted molar refractivity (Wildman–Crippen MR) is 134 cm³/mol. The third-order valence-electron chi connectivity index (χ3n) is 4.76. The second-order valence-corrected chi connectivity index (χ2v) is 10.8. The average Bonchev–Trinajstić information content (AvgIpc) is 3.56. The van der Waals surface area contributed by atoms with Crippen molar-refractivity contribution >= 4 is 67.0 Å². The maximum absolute atomic E-state index is 12.0. The van der Waals surface area contributed by atoms with Crippen LogP contribution in [0.25, 0.3) is 12.2 Å². The molecule has 14 heteroatoms. The van der Waals surface area contributed by atoms with Crippen molar-refractivity contribution in [2.45, 2.75) is 28.7 Å². The molecule has 5 N–H and O–H groups in total. The van der Waals surface area contributed by atoms with Gasteiger partial charge in [-0.05, 0) is 60.5 Å². The Hall–Kier alpha value is -2.88. The summed E-state index contributed by atoms with van der Waals surface area (Å²) in [7, 11) is -8.04. The van der Waals surface area contributed by atoms with Gasteiger partial charge in [0.2, 0.25) is 5.91 Å². The molecule has 0 bridgehead atoms. The summed E-state index contributed by atoms with van der Waals surface area (Å²) in [5, 5.41) is 8.63.